The van der Waals surface area contributed by atoms with Crippen molar-refractivity contribution < 1.29 is 26.3 Å². The Bertz CT molecular complexity index is 482. The zero-order valence-electron chi connectivity index (χ0n) is 7.75. The van der Waals surface area contributed by atoms with Gasteiger partial charge in [0.1, 0.15) is 0 Å². The average Bonchev–Trinajstić information content (AvgIpc) is 2.14. The van der Waals surface area contributed by atoms with E-state index in [4.69, 9.17) is 16.9 Å². The molecule has 0 spiro atoms. The third-order valence-corrected chi connectivity index (χ3v) is 2.15. The molecule has 1 rings (SSSR count). The topological polar surface area (TPSA) is 23.8 Å². The Balaban J connectivity index is 3.53. The molecule has 1 nitrogen and oxygen atoms in total. The van der Waals surface area contributed by atoms with E-state index in [9.17, 15) is 26.3 Å². The molecule has 0 bridgehead atoms. The number of benzene rings is 1. The highest BCUT2D eigenvalue weighted by atomic mass is 35.5. The molecule has 0 aliphatic carbocycles. The van der Waals surface area contributed by atoms with E-state index < -0.39 is 34.1 Å². The van der Waals surface area contributed by atoms with Crippen LogP contribution in [0.5, 0.6) is 0 Å². The first-order valence-corrected chi connectivity index (χ1v) is 4.33. The monoisotopic (exact) mass is 273 g/mol. The molecule has 0 aliphatic rings. The van der Waals surface area contributed by atoms with Crippen LogP contribution in [0.3, 0.4) is 0 Å². The minimum Gasteiger partial charge on any atom is -0.192 e. The van der Waals surface area contributed by atoms with Crippen LogP contribution in [0.4, 0.5) is 26.3 Å². The molecule has 0 N–H and O–H groups in total. The molecule has 0 radical (unpaired) electrons. The smallest absolute Gasteiger partial charge is 0.192 e. The van der Waals surface area contributed by atoms with Crippen LogP contribution in [-0.4, -0.2) is 0 Å². The van der Waals surface area contributed by atoms with Gasteiger partial charge in [0.2, 0.25) is 0 Å². The van der Waals surface area contributed by atoms with Crippen LogP contribution in [0.25, 0.3) is 0 Å². The third kappa shape index (κ3) is 2.82. The molecule has 0 aliphatic heterocycles. The standard InChI is InChI=1S/C9H2ClF6N/c10-7-2-5(8(11,12)13)4(3-17)1-6(7)9(14,15)16/h1-2H. The molecule has 8 heteroatoms. The van der Waals surface area contributed by atoms with Gasteiger partial charge in [-0.15, -0.1) is 0 Å². The van der Waals surface area contributed by atoms with Gasteiger partial charge in [0.25, 0.3) is 0 Å². The summed E-state index contributed by atoms with van der Waals surface area (Å²) in [5.41, 5.74) is -4.07. The van der Waals surface area contributed by atoms with Crippen LogP contribution < -0.4 is 0 Å². The fourth-order valence-corrected chi connectivity index (χ4v) is 1.39. The van der Waals surface area contributed by atoms with Gasteiger partial charge in [-0.2, -0.15) is 31.6 Å². The molecule has 1 aromatic carbocycles. The minimum atomic E-state index is -4.93. The Kier molecular flexibility index (Phi) is 3.30. The van der Waals surface area contributed by atoms with E-state index in [1.807, 2.05) is 0 Å². The predicted octanol–water partition coefficient (Wildman–Crippen LogP) is 4.25. The van der Waals surface area contributed by atoms with E-state index in [1.165, 1.54) is 0 Å². The SMILES string of the molecule is N#Cc1cc(C(F)(F)F)c(Cl)cc1C(F)(F)F. The number of halogens is 7. The molecule has 0 unspecified atom stereocenters. The van der Waals surface area contributed by atoms with Crippen LogP contribution in [0.2, 0.25) is 5.02 Å². The molecule has 0 saturated heterocycles. The van der Waals surface area contributed by atoms with Crippen LogP contribution >= 0.6 is 11.6 Å². The number of nitriles is 1. The van der Waals surface area contributed by atoms with Gasteiger partial charge in [0, 0.05) is 0 Å². The molecular formula is C9H2ClF6N. The highest BCUT2D eigenvalue weighted by Crippen LogP contribution is 2.40. The van der Waals surface area contributed by atoms with Crippen molar-refractivity contribution in [1.29, 1.82) is 5.26 Å². The van der Waals surface area contributed by atoms with Crippen LogP contribution in [-0.2, 0) is 12.4 Å². The molecule has 92 valence electrons. The van der Waals surface area contributed by atoms with Crippen LogP contribution in [0.15, 0.2) is 12.1 Å². The lowest BCUT2D eigenvalue weighted by molar-refractivity contribution is -0.141. The quantitative estimate of drug-likeness (QED) is 0.648. The molecule has 0 aromatic heterocycles. The fourth-order valence-electron chi connectivity index (χ4n) is 1.12. The lowest BCUT2D eigenvalue weighted by Crippen LogP contribution is -2.12. The van der Waals surface area contributed by atoms with E-state index >= 15 is 0 Å². The van der Waals surface area contributed by atoms with Crippen molar-refractivity contribution in [1.82, 2.24) is 0 Å². The van der Waals surface area contributed by atoms with Crippen molar-refractivity contribution in [3.05, 3.63) is 33.8 Å². The Morgan fingerprint density at radius 2 is 1.41 bits per heavy atom. The fraction of sp³-hybridized carbons (Fsp3) is 0.222. The third-order valence-electron chi connectivity index (χ3n) is 1.84. The molecule has 0 fully saturated rings. The maximum absolute atomic E-state index is 12.4. The summed E-state index contributed by atoms with van der Waals surface area (Å²) in [7, 11) is 0. The van der Waals surface area contributed by atoms with Crippen molar-refractivity contribution in [2.45, 2.75) is 12.4 Å². The zero-order valence-corrected chi connectivity index (χ0v) is 8.50. The molecule has 1 aromatic rings. The molecule has 0 heterocycles. The first kappa shape index (κ1) is 13.6. The summed E-state index contributed by atoms with van der Waals surface area (Å²) in [6, 6.07) is 1.25. The van der Waals surface area contributed by atoms with Crippen molar-refractivity contribution in [2.75, 3.05) is 0 Å². The normalized spacial score (nSPS) is 12.4. The minimum absolute atomic E-state index is 0.0884. The summed E-state index contributed by atoms with van der Waals surface area (Å²) < 4.78 is 74.0. The lowest BCUT2D eigenvalue weighted by atomic mass is 10.0. The van der Waals surface area contributed by atoms with Gasteiger partial charge >= 0.3 is 12.4 Å². The second-order valence-electron chi connectivity index (χ2n) is 2.98. The van der Waals surface area contributed by atoms with E-state index in [1.54, 1.807) is 0 Å². The highest BCUT2D eigenvalue weighted by Gasteiger charge is 2.39. The van der Waals surface area contributed by atoms with Crippen LogP contribution in [0, 0.1) is 11.3 Å². The van der Waals surface area contributed by atoms with Crippen molar-refractivity contribution >= 4 is 11.6 Å². The lowest BCUT2D eigenvalue weighted by Gasteiger charge is -2.13. The van der Waals surface area contributed by atoms with Crippen molar-refractivity contribution in [3.63, 3.8) is 0 Å². The maximum atomic E-state index is 12.4. The molecule has 0 saturated carbocycles. The van der Waals surface area contributed by atoms with Gasteiger partial charge in [-0.05, 0) is 12.1 Å². The Morgan fingerprint density at radius 1 is 0.941 bits per heavy atom. The van der Waals surface area contributed by atoms with E-state index in [0.29, 0.717) is 0 Å². The van der Waals surface area contributed by atoms with Crippen molar-refractivity contribution in [3.8, 4) is 6.07 Å². The summed E-state index contributed by atoms with van der Waals surface area (Å²) >= 11 is 5.12. The largest absolute Gasteiger partial charge is 0.417 e. The predicted molar refractivity (Wildman–Crippen MR) is 46.2 cm³/mol. The zero-order chi connectivity index (χ0) is 13.4. The second-order valence-corrected chi connectivity index (χ2v) is 3.39. The summed E-state index contributed by atoms with van der Waals surface area (Å²) in [6.07, 6.45) is -9.84. The first-order valence-electron chi connectivity index (χ1n) is 3.95. The summed E-state index contributed by atoms with van der Waals surface area (Å²) in [6.45, 7) is 0. The van der Waals surface area contributed by atoms with Gasteiger partial charge in [-0.25, -0.2) is 0 Å². The van der Waals surface area contributed by atoms with Gasteiger partial charge in [0.15, 0.2) is 0 Å². The summed E-state index contributed by atoms with van der Waals surface area (Å²) in [5, 5.41) is 7.31. The Morgan fingerprint density at radius 3 is 1.76 bits per heavy atom. The molecule has 0 atom stereocenters. The maximum Gasteiger partial charge on any atom is 0.417 e. The second kappa shape index (κ2) is 4.11. The number of hydrogen-bond donors (Lipinski definition) is 0. The Hall–Kier alpha value is -1.42. The van der Waals surface area contributed by atoms with Gasteiger partial charge < -0.3 is 0 Å². The summed E-state index contributed by atoms with van der Waals surface area (Å²) in [4.78, 5) is 0. The molecule has 0 amide bonds. The number of rotatable bonds is 0. The molecule has 17 heavy (non-hydrogen) atoms. The first-order chi connectivity index (χ1) is 7.57. The average molecular weight is 274 g/mol. The van der Waals surface area contributed by atoms with Gasteiger partial charge in [0.05, 0.1) is 27.8 Å². The van der Waals surface area contributed by atoms with E-state index in [2.05, 4.69) is 0 Å². The molecular weight excluding hydrogens is 272 g/mol. The number of alkyl halides is 6. The Labute approximate surface area is 96.2 Å². The van der Waals surface area contributed by atoms with Crippen molar-refractivity contribution in [2.24, 2.45) is 0 Å². The van der Waals surface area contributed by atoms with Gasteiger partial charge in [-0.3, -0.25) is 0 Å². The van der Waals surface area contributed by atoms with E-state index in [-0.39, 0.29) is 12.1 Å². The summed E-state index contributed by atoms with van der Waals surface area (Å²) in [5.74, 6) is 0. The highest BCUT2D eigenvalue weighted by molar-refractivity contribution is 6.31. The number of nitrogens with zero attached hydrogens (tertiary/aromatic N) is 1. The van der Waals surface area contributed by atoms with E-state index in [0.717, 1.165) is 6.07 Å². The van der Waals surface area contributed by atoms with Gasteiger partial charge in [-0.1, -0.05) is 11.6 Å². The number of hydrogen-bond acceptors (Lipinski definition) is 1. The van der Waals surface area contributed by atoms with Crippen LogP contribution in [0.1, 0.15) is 16.7 Å².